The molecule has 0 heterocycles. The van der Waals surface area contributed by atoms with Crippen LogP contribution in [0.15, 0.2) is 36.4 Å². The molecule has 0 radical (unpaired) electrons. The zero-order chi connectivity index (χ0) is 12.8. The van der Waals surface area contributed by atoms with Crippen molar-refractivity contribution in [1.29, 1.82) is 0 Å². The number of para-hydroxylation sites is 1. The van der Waals surface area contributed by atoms with Gasteiger partial charge in [0.15, 0.2) is 0 Å². The van der Waals surface area contributed by atoms with Crippen molar-refractivity contribution < 1.29 is 14.0 Å². The van der Waals surface area contributed by atoms with E-state index in [0.29, 0.717) is 5.57 Å². The van der Waals surface area contributed by atoms with Crippen LogP contribution in [0.4, 0.5) is 0 Å². The molecule has 92 valence electrons. The van der Waals surface area contributed by atoms with Gasteiger partial charge >= 0.3 is 5.97 Å². The first kappa shape index (κ1) is 13.5. The molecule has 0 N–H and O–H groups in total. The van der Waals surface area contributed by atoms with Gasteiger partial charge in [0.25, 0.3) is 0 Å². The molecule has 0 spiro atoms. The third-order valence-corrected chi connectivity index (χ3v) is 2.77. The third-order valence-electron chi connectivity index (χ3n) is 2.04. The van der Waals surface area contributed by atoms with Crippen LogP contribution in [0.25, 0.3) is 0 Å². The van der Waals surface area contributed by atoms with Crippen molar-refractivity contribution in [2.24, 2.45) is 0 Å². The van der Waals surface area contributed by atoms with Gasteiger partial charge in [-0.2, -0.15) is 0 Å². The molecule has 0 aliphatic heterocycles. The summed E-state index contributed by atoms with van der Waals surface area (Å²) in [5, 5.41) is 0. The number of esters is 1. The molecule has 4 heteroatoms. The molecule has 3 nitrogen and oxygen atoms in total. The van der Waals surface area contributed by atoms with Crippen LogP contribution in [0.1, 0.15) is 12.5 Å². The van der Waals surface area contributed by atoms with Crippen molar-refractivity contribution in [3.05, 3.63) is 42.0 Å². The van der Waals surface area contributed by atoms with E-state index < -0.39 is 9.04 Å². The fraction of sp³-hybridized carbons (Fsp3) is 0.308. The number of ether oxygens (including phenoxy) is 1. The maximum atomic E-state index is 11.3. The molecule has 0 aliphatic rings. The number of carbonyl (C=O) groups excluding carboxylic acids is 1. The monoisotopic (exact) mass is 250 g/mol. The van der Waals surface area contributed by atoms with E-state index in [1.807, 2.05) is 24.3 Å². The van der Waals surface area contributed by atoms with Gasteiger partial charge in [0, 0.05) is 11.1 Å². The lowest BCUT2D eigenvalue weighted by molar-refractivity contribution is -0.140. The minimum absolute atomic E-state index is 0.225. The second-order valence-electron chi connectivity index (χ2n) is 4.13. The molecule has 0 saturated heterocycles. The largest absolute Gasteiger partial charge is 0.547 e. The van der Waals surface area contributed by atoms with E-state index >= 15 is 0 Å². The third kappa shape index (κ3) is 4.44. The van der Waals surface area contributed by atoms with Crippen LogP contribution >= 0.6 is 0 Å². The van der Waals surface area contributed by atoms with Crippen LogP contribution < -0.4 is 4.43 Å². The Hall–Kier alpha value is -1.55. The van der Waals surface area contributed by atoms with Crippen LogP contribution in [-0.4, -0.2) is 15.0 Å². The fourth-order valence-corrected chi connectivity index (χ4v) is 2.00. The lowest BCUT2D eigenvalue weighted by Gasteiger charge is -2.14. The highest BCUT2D eigenvalue weighted by Crippen LogP contribution is 2.19. The van der Waals surface area contributed by atoms with Crippen molar-refractivity contribution in [3.63, 3.8) is 0 Å². The molecule has 0 amide bonds. The van der Waals surface area contributed by atoms with Crippen LogP contribution in [0.5, 0.6) is 5.75 Å². The molecular formula is C13H18O3Si. The van der Waals surface area contributed by atoms with Gasteiger partial charge in [-0.3, -0.25) is 0 Å². The zero-order valence-corrected chi connectivity index (χ0v) is 11.7. The van der Waals surface area contributed by atoms with Gasteiger partial charge in [-0.15, -0.1) is 0 Å². The molecule has 0 unspecified atom stereocenters. The fourth-order valence-electron chi connectivity index (χ4n) is 1.26. The van der Waals surface area contributed by atoms with Crippen molar-refractivity contribution in [1.82, 2.24) is 0 Å². The summed E-state index contributed by atoms with van der Waals surface area (Å²) in [4.78, 5) is 11.3. The molecule has 0 bridgehead atoms. The predicted octanol–water partition coefficient (Wildman–Crippen LogP) is 2.67. The first-order valence-electron chi connectivity index (χ1n) is 5.58. The Bertz CT molecular complexity index is 413. The Kier molecular flexibility index (Phi) is 4.97. The SMILES string of the molecule is C=C(C)C(=O)OCc1ccccc1O[SiH](C)C. The first-order chi connectivity index (χ1) is 8.00. The van der Waals surface area contributed by atoms with E-state index in [0.717, 1.165) is 11.3 Å². The summed E-state index contributed by atoms with van der Waals surface area (Å²) >= 11 is 0. The van der Waals surface area contributed by atoms with E-state index in [1.54, 1.807) is 6.92 Å². The molecular weight excluding hydrogens is 232 g/mol. The lowest BCUT2D eigenvalue weighted by atomic mass is 10.2. The molecule has 0 atom stereocenters. The van der Waals surface area contributed by atoms with Gasteiger partial charge in [-0.05, 0) is 26.1 Å². The predicted molar refractivity (Wildman–Crippen MR) is 70.6 cm³/mol. The molecule has 0 aromatic heterocycles. The van der Waals surface area contributed by atoms with Gasteiger partial charge in [0.05, 0.1) is 0 Å². The van der Waals surface area contributed by atoms with Crippen LogP contribution in [0, 0.1) is 0 Å². The lowest BCUT2D eigenvalue weighted by Crippen LogP contribution is -2.13. The number of benzene rings is 1. The summed E-state index contributed by atoms with van der Waals surface area (Å²) in [7, 11) is -1.15. The summed E-state index contributed by atoms with van der Waals surface area (Å²) in [6.07, 6.45) is 0. The van der Waals surface area contributed by atoms with Gasteiger partial charge in [-0.1, -0.05) is 24.8 Å². The Balaban J connectivity index is 2.70. The summed E-state index contributed by atoms with van der Waals surface area (Å²) in [5.74, 6) is 0.435. The second kappa shape index (κ2) is 6.25. The Morgan fingerprint density at radius 1 is 1.35 bits per heavy atom. The van der Waals surface area contributed by atoms with Crippen LogP contribution in [0.2, 0.25) is 13.1 Å². The highest BCUT2D eigenvalue weighted by atomic mass is 28.3. The van der Waals surface area contributed by atoms with Gasteiger partial charge in [0.2, 0.25) is 9.04 Å². The molecule has 0 saturated carbocycles. The molecule has 17 heavy (non-hydrogen) atoms. The number of carbonyl (C=O) groups is 1. The zero-order valence-electron chi connectivity index (χ0n) is 10.5. The van der Waals surface area contributed by atoms with E-state index in [4.69, 9.17) is 9.16 Å². The average Bonchev–Trinajstić information content (AvgIpc) is 2.26. The summed E-state index contributed by atoms with van der Waals surface area (Å²) in [5.41, 5.74) is 1.30. The van der Waals surface area contributed by atoms with Gasteiger partial charge in [-0.25, -0.2) is 4.79 Å². The van der Waals surface area contributed by atoms with Crippen LogP contribution in [-0.2, 0) is 16.1 Å². The molecule has 1 rings (SSSR count). The standard InChI is InChI=1S/C13H18O3Si/c1-10(2)13(14)15-9-11-7-5-6-8-12(11)16-17(3)4/h5-8,17H,1,9H2,2-4H3. The number of hydrogen-bond donors (Lipinski definition) is 0. The summed E-state index contributed by atoms with van der Waals surface area (Å²) < 4.78 is 10.9. The van der Waals surface area contributed by atoms with Crippen molar-refractivity contribution in [2.45, 2.75) is 26.6 Å². The average molecular weight is 250 g/mol. The highest BCUT2D eigenvalue weighted by molar-refractivity contribution is 6.49. The van der Waals surface area contributed by atoms with Gasteiger partial charge in [0.1, 0.15) is 12.4 Å². The van der Waals surface area contributed by atoms with Crippen molar-refractivity contribution >= 4 is 15.0 Å². The molecule has 0 aliphatic carbocycles. The topological polar surface area (TPSA) is 35.5 Å². The number of hydrogen-bond acceptors (Lipinski definition) is 3. The van der Waals surface area contributed by atoms with E-state index in [9.17, 15) is 4.79 Å². The minimum atomic E-state index is -1.15. The normalized spacial score (nSPS) is 10.1. The maximum absolute atomic E-state index is 11.3. The smallest absolute Gasteiger partial charge is 0.333 e. The Morgan fingerprint density at radius 2 is 2.00 bits per heavy atom. The van der Waals surface area contributed by atoms with E-state index in [-0.39, 0.29) is 12.6 Å². The number of rotatable bonds is 5. The van der Waals surface area contributed by atoms with E-state index in [1.165, 1.54) is 0 Å². The van der Waals surface area contributed by atoms with Crippen molar-refractivity contribution in [2.75, 3.05) is 0 Å². The van der Waals surface area contributed by atoms with Gasteiger partial charge < -0.3 is 9.16 Å². The molecule has 0 fully saturated rings. The molecule has 1 aromatic carbocycles. The van der Waals surface area contributed by atoms with Crippen molar-refractivity contribution in [3.8, 4) is 5.75 Å². The quantitative estimate of drug-likeness (QED) is 0.458. The summed E-state index contributed by atoms with van der Waals surface area (Å²) in [6, 6.07) is 7.61. The Morgan fingerprint density at radius 3 is 2.59 bits per heavy atom. The second-order valence-corrected chi connectivity index (χ2v) is 6.46. The molecule has 1 aromatic rings. The maximum Gasteiger partial charge on any atom is 0.333 e. The van der Waals surface area contributed by atoms with E-state index in [2.05, 4.69) is 19.7 Å². The van der Waals surface area contributed by atoms with Crippen LogP contribution in [0.3, 0.4) is 0 Å². The Labute approximate surface area is 104 Å². The first-order valence-corrected chi connectivity index (χ1v) is 8.36. The highest BCUT2D eigenvalue weighted by Gasteiger charge is 2.08. The minimum Gasteiger partial charge on any atom is -0.547 e. The summed E-state index contributed by atoms with van der Waals surface area (Å²) in [6.45, 7) is 9.58.